The molecular weight excluding hydrogens is 204 g/mol. The number of hydrogen-bond acceptors (Lipinski definition) is 4. The lowest BCUT2D eigenvalue weighted by atomic mass is 10.2. The third-order valence-corrected chi connectivity index (χ3v) is 2.31. The molecule has 2 aromatic heterocycles. The molecule has 0 radical (unpaired) electrons. The highest BCUT2D eigenvalue weighted by Gasteiger charge is 2.07. The molecule has 0 spiro atoms. The van der Waals surface area contributed by atoms with Crippen molar-refractivity contribution in [3.05, 3.63) is 36.3 Å². The fourth-order valence-electron chi connectivity index (χ4n) is 1.44. The van der Waals surface area contributed by atoms with Crippen LogP contribution in [0.2, 0.25) is 0 Å². The second-order valence-corrected chi connectivity index (χ2v) is 4.00. The van der Waals surface area contributed by atoms with Gasteiger partial charge in [0.1, 0.15) is 25.0 Å². The van der Waals surface area contributed by atoms with Crippen molar-refractivity contribution >= 4 is 0 Å². The fraction of sp³-hybridized carbons (Fsp3) is 0.455. The molecule has 0 bridgehead atoms. The number of nitrogens with zero attached hydrogens (tertiary/aromatic N) is 3. The molecule has 2 aromatic rings. The van der Waals surface area contributed by atoms with Crippen molar-refractivity contribution in [3.8, 4) is 0 Å². The van der Waals surface area contributed by atoms with Gasteiger partial charge in [-0.2, -0.15) is 5.10 Å². The molecule has 1 N–H and O–H groups in total. The Labute approximate surface area is 94.5 Å². The molecule has 86 valence electrons. The van der Waals surface area contributed by atoms with E-state index >= 15 is 0 Å². The Morgan fingerprint density at radius 2 is 2.38 bits per heavy atom. The molecule has 0 saturated carbocycles. The zero-order valence-corrected chi connectivity index (χ0v) is 9.55. The molecule has 0 aliphatic carbocycles. The summed E-state index contributed by atoms with van der Waals surface area (Å²) in [6, 6.07) is 2.45. The first kappa shape index (κ1) is 10.9. The van der Waals surface area contributed by atoms with E-state index in [1.54, 1.807) is 17.3 Å². The van der Waals surface area contributed by atoms with Gasteiger partial charge in [-0.1, -0.05) is 13.8 Å². The topological polar surface area (TPSA) is 55.9 Å². The summed E-state index contributed by atoms with van der Waals surface area (Å²) in [6.07, 6.45) is 4.92. The molecule has 0 amide bonds. The van der Waals surface area contributed by atoms with Gasteiger partial charge in [-0.15, -0.1) is 0 Å². The van der Waals surface area contributed by atoms with E-state index in [0.717, 1.165) is 12.3 Å². The van der Waals surface area contributed by atoms with Gasteiger partial charge in [0.15, 0.2) is 0 Å². The quantitative estimate of drug-likeness (QED) is 0.828. The van der Waals surface area contributed by atoms with E-state index in [0.29, 0.717) is 12.6 Å². The van der Waals surface area contributed by atoms with Gasteiger partial charge in [0.2, 0.25) is 0 Å². The summed E-state index contributed by atoms with van der Waals surface area (Å²) < 4.78 is 7.19. The van der Waals surface area contributed by atoms with Crippen LogP contribution in [-0.4, -0.2) is 20.8 Å². The Kier molecular flexibility index (Phi) is 3.36. The Morgan fingerprint density at radius 1 is 1.50 bits per heavy atom. The maximum Gasteiger partial charge on any atom is 0.137 e. The third-order valence-electron chi connectivity index (χ3n) is 2.31. The molecule has 2 heterocycles. The second-order valence-electron chi connectivity index (χ2n) is 4.00. The summed E-state index contributed by atoms with van der Waals surface area (Å²) in [5.41, 5.74) is 1.17. The van der Waals surface area contributed by atoms with Gasteiger partial charge in [0.05, 0.1) is 6.26 Å². The van der Waals surface area contributed by atoms with Crippen molar-refractivity contribution in [2.75, 3.05) is 0 Å². The van der Waals surface area contributed by atoms with Crippen molar-refractivity contribution in [1.29, 1.82) is 0 Å². The summed E-state index contributed by atoms with van der Waals surface area (Å²) >= 11 is 0. The molecule has 5 nitrogen and oxygen atoms in total. The van der Waals surface area contributed by atoms with E-state index in [2.05, 4.69) is 29.2 Å². The van der Waals surface area contributed by atoms with Gasteiger partial charge < -0.3 is 9.73 Å². The molecule has 0 aliphatic heterocycles. The van der Waals surface area contributed by atoms with E-state index in [-0.39, 0.29) is 0 Å². The zero-order chi connectivity index (χ0) is 11.4. The van der Waals surface area contributed by atoms with Crippen LogP contribution in [0.25, 0.3) is 0 Å². The number of nitrogens with one attached hydrogen (secondary N) is 1. The molecule has 0 aromatic carbocycles. The van der Waals surface area contributed by atoms with Gasteiger partial charge in [0, 0.05) is 18.2 Å². The molecule has 0 unspecified atom stereocenters. The van der Waals surface area contributed by atoms with Crippen LogP contribution >= 0.6 is 0 Å². The van der Waals surface area contributed by atoms with Crippen molar-refractivity contribution in [1.82, 2.24) is 20.1 Å². The molecule has 2 rings (SSSR count). The molecule has 5 heteroatoms. The van der Waals surface area contributed by atoms with Crippen molar-refractivity contribution in [3.63, 3.8) is 0 Å². The SMILES string of the molecule is CC(C)NCc1ccoc1Cn1cncn1. The number of aromatic nitrogens is 3. The Bertz CT molecular complexity index is 419. The van der Waals surface area contributed by atoms with Crippen LogP contribution in [0, 0.1) is 0 Å². The van der Waals surface area contributed by atoms with Crippen LogP contribution in [0.4, 0.5) is 0 Å². The predicted octanol–water partition coefficient (Wildman–Crippen LogP) is 1.42. The van der Waals surface area contributed by atoms with E-state index in [9.17, 15) is 0 Å². The first-order valence-corrected chi connectivity index (χ1v) is 5.36. The lowest BCUT2D eigenvalue weighted by Crippen LogP contribution is -2.22. The summed E-state index contributed by atoms with van der Waals surface area (Å²) in [7, 11) is 0. The summed E-state index contributed by atoms with van der Waals surface area (Å²) in [5.74, 6) is 0.929. The largest absolute Gasteiger partial charge is 0.467 e. The molecule has 0 aliphatic rings. The number of hydrogen-bond donors (Lipinski definition) is 1. The molecule has 0 fully saturated rings. The smallest absolute Gasteiger partial charge is 0.137 e. The maximum atomic E-state index is 5.44. The minimum atomic E-state index is 0.467. The Hall–Kier alpha value is -1.62. The molecule has 0 atom stereocenters. The highest BCUT2D eigenvalue weighted by Crippen LogP contribution is 2.11. The summed E-state index contributed by atoms with van der Waals surface area (Å²) in [6.45, 7) is 5.69. The second kappa shape index (κ2) is 4.94. The van der Waals surface area contributed by atoms with Crippen LogP contribution in [0.5, 0.6) is 0 Å². The zero-order valence-electron chi connectivity index (χ0n) is 9.55. The first-order valence-electron chi connectivity index (χ1n) is 5.36. The minimum Gasteiger partial charge on any atom is -0.467 e. The van der Waals surface area contributed by atoms with Gasteiger partial charge in [-0.05, 0) is 6.07 Å². The lowest BCUT2D eigenvalue weighted by Gasteiger charge is -2.07. The van der Waals surface area contributed by atoms with E-state index < -0.39 is 0 Å². The highest BCUT2D eigenvalue weighted by molar-refractivity contribution is 5.17. The highest BCUT2D eigenvalue weighted by atomic mass is 16.3. The Morgan fingerprint density at radius 3 is 3.06 bits per heavy atom. The summed E-state index contributed by atoms with van der Waals surface area (Å²) in [5, 5.41) is 7.42. The first-order chi connectivity index (χ1) is 7.75. The predicted molar refractivity (Wildman–Crippen MR) is 59.8 cm³/mol. The lowest BCUT2D eigenvalue weighted by molar-refractivity contribution is 0.469. The van der Waals surface area contributed by atoms with Crippen molar-refractivity contribution < 1.29 is 4.42 Å². The monoisotopic (exact) mass is 220 g/mol. The average molecular weight is 220 g/mol. The third kappa shape index (κ3) is 2.70. The molecule has 0 saturated heterocycles. The fourth-order valence-corrected chi connectivity index (χ4v) is 1.44. The van der Waals surface area contributed by atoms with Crippen molar-refractivity contribution in [2.24, 2.45) is 0 Å². The van der Waals surface area contributed by atoms with Gasteiger partial charge in [-0.25, -0.2) is 9.67 Å². The molecular formula is C11H16N4O. The van der Waals surface area contributed by atoms with Crippen LogP contribution in [0.3, 0.4) is 0 Å². The van der Waals surface area contributed by atoms with Gasteiger partial charge >= 0.3 is 0 Å². The molecule has 16 heavy (non-hydrogen) atoms. The van der Waals surface area contributed by atoms with Crippen LogP contribution in [-0.2, 0) is 13.1 Å². The van der Waals surface area contributed by atoms with E-state index in [1.165, 1.54) is 11.9 Å². The van der Waals surface area contributed by atoms with E-state index in [4.69, 9.17) is 4.42 Å². The maximum absolute atomic E-state index is 5.44. The van der Waals surface area contributed by atoms with Gasteiger partial charge in [0.25, 0.3) is 0 Å². The number of furan rings is 1. The van der Waals surface area contributed by atoms with Gasteiger partial charge in [-0.3, -0.25) is 0 Å². The van der Waals surface area contributed by atoms with Crippen LogP contribution in [0.1, 0.15) is 25.2 Å². The Balaban J connectivity index is 2.01. The minimum absolute atomic E-state index is 0.467. The number of rotatable bonds is 5. The normalized spacial score (nSPS) is 11.2. The van der Waals surface area contributed by atoms with Crippen molar-refractivity contribution in [2.45, 2.75) is 33.0 Å². The summed E-state index contributed by atoms with van der Waals surface area (Å²) in [4.78, 5) is 3.90. The standard InChI is InChI=1S/C11H16N4O/c1-9(2)13-5-10-3-4-16-11(10)6-15-8-12-7-14-15/h3-4,7-9,13H,5-6H2,1-2H3. The van der Waals surface area contributed by atoms with Crippen LogP contribution < -0.4 is 5.32 Å². The average Bonchev–Trinajstić information content (AvgIpc) is 2.87. The van der Waals surface area contributed by atoms with E-state index in [1.807, 2.05) is 6.07 Å². The van der Waals surface area contributed by atoms with Crippen LogP contribution in [0.15, 0.2) is 29.4 Å².